The van der Waals surface area contributed by atoms with Crippen molar-refractivity contribution in [1.82, 2.24) is 10.2 Å². The number of hydrogen-bond acceptors (Lipinski definition) is 3. The number of carbonyl (C=O) groups excluding carboxylic acids is 2. The monoisotopic (exact) mass is 424 g/mol. The van der Waals surface area contributed by atoms with Crippen LogP contribution in [0.4, 0.5) is 0 Å². The van der Waals surface area contributed by atoms with Crippen molar-refractivity contribution in [2.24, 2.45) is 0 Å². The van der Waals surface area contributed by atoms with Crippen LogP contribution in [0.25, 0.3) is 0 Å². The SMILES string of the molecule is CNC(=O)[C@@H](C)N(Cc1ccccc1)C(=O)CSCc1ccc(Cl)cc1Cl. The fourth-order valence-corrected chi connectivity index (χ4v) is 4.01. The summed E-state index contributed by atoms with van der Waals surface area (Å²) in [5, 5.41) is 3.78. The van der Waals surface area contributed by atoms with Gasteiger partial charge >= 0.3 is 0 Å². The quantitative estimate of drug-likeness (QED) is 0.683. The highest BCUT2D eigenvalue weighted by molar-refractivity contribution is 7.99. The minimum Gasteiger partial charge on any atom is -0.357 e. The van der Waals surface area contributed by atoms with Crippen LogP contribution in [0, 0.1) is 0 Å². The van der Waals surface area contributed by atoms with Gasteiger partial charge in [0, 0.05) is 29.4 Å². The molecule has 4 nitrogen and oxygen atoms in total. The molecule has 2 aromatic carbocycles. The molecule has 0 radical (unpaired) electrons. The lowest BCUT2D eigenvalue weighted by Gasteiger charge is -2.28. The molecule has 0 aliphatic carbocycles. The molecule has 2 aromatic rings. The van der Waals surface area contributed by atoms with Gasteiger partial charge in [0.05, 0.1) is 5.75 Å². The average Bonchev–Trinajstić information content (AvgIpc) is 2.67. The average molecular weight is 425 g/mol. The molecular weight excluding hydrogens is 403 g/mol. The Kier molecular flexibility index (Phi) is 8.48. The fourth-order valence-electron chi connectivity index (χ4n) is 2.54. The number of carbonyl (C=O) groups is 2. The Morgan fingerprint density at radius 2 is 1.85 bits per heavy atom. The van der Waals surface area contributed by atoms with E-state index in [-0.39, 0.29) is 17.6 Å². The van der Waals surface area contributed by atoms with Gasteiger partial charge in [-0.2, -0.15) is 0 Å². The molecular formula is C20H22Cl2N2O2S. The summed E-state index contributed by atoms with van der Waals surface area (Å²) < 4.78 is 0. The van der Waals surface area contributed by atoms with E-state index >= 15 is 0 Å². The number of hydrogen-bond donors (Lipinski definition) is 1. The number of halogens is 2. The number of nitrogens with zero attached hydrogens (tertiary/aromatic N) is 1. The molecule has 2 rings (SSSR count). The number of thioether (sulfide) groups is 1. The van der Waals surface area contributed by atoms with E-state index in [0.717, 1.165) is 11.1 Å². The van der Waals surface area contributed by atoms with E-state index in [1.165, 1.54) is 11.8 Å². The summed E-state index contributed by atoms with van der Waals surface area (Å²) in [6.45, 7) is 2.12. The van der Waals surface area contributed by atoms with Gasteiger partial charge in [-0.15, -0.1) is 11.8 Å². The van der Waals surface area contributed by atoms with Crippen molar-refractivity contribution < 1.29 is 9.59 Å². The smallest absolute Gasteiger partial charge is 0.242 e. The lowest BCUT2D eigenvalue weighted by molar-refractivity contribution is -0.138. The largest absolute Gasteiger partial charge is 0.357 e. The zero-order valence-corrected chi connectivity index (χ0v) is 17.6. The second-order valence-electron chi connectivity index (χ2n) is 6.03. The molecule has 144 valence electrons. The van der Waals surface area contributed by atoms with Crippen molar-refractivity contribution in [2.75, 3.05) is 12.8 Å². The zero-order valence-electron chi connectivity index (χ0n) is 15.2. The Balaban J connectivity index is 2.02. The number of benzene rings is 2. The third-order valence-electron chi connectivity index (χ3n) is 4.11. The van der Waals surface area contributed by atoms with Crippen LogP contribution >= 0.6 is 35.0 Å². The van der Waals surface area contributed by atoms with Gasteiger partial charge in [0.1, 0.15) is 6.04 Å². The van der Waals surface area contributed by atoms with Crippen LogP contribution in [0.15, 0.2) is 48.5 Å². The van der Waals surface area contributed by atoms with Gasteiger partial charge in [0.25, 0.3) is 0 Å². The molecule has 0 aromatic heterocycles. The molecule has 27 heavy (non-hydrogen) atoms. The van der Waals surface area contributed by atoms with Gasteiger partial charge in [-0.1, -0.05) is 59.6 Å². The van der Waals surface area contributed by atoms with Gasteiger partial charge in [-0.3, -0.25) is 9.59 Å². The number of rotatable bonds is 8. The van der Waals surface area contributed by atoms with Crippen LogP contribution in [0.5, 0.6) is 0 Å². The van der Waals surface area contributed by atoms with E-state index in [0.29, 0.717) is 22.3 Å². The van der Waals surface area contributed by atoms with Crippen molar-refractivity contribution in [3.05, 3.63) is 69.7 Å². The highest BCUT2D eigenvalue weighted by Crippen LogP contribution is 2.25. The highest BCUT2D eigenvalue weighted by atomic mass is 35.5. The normalized spacial score (nSPS) is 11.7. The van der Waals surface area contributed by atoms with Crippen molar-refractivity contribution in [3.8, 4) is 0 Å². The number of amides is 2. The maximum absolute atomic E-state index is 12.8. The summed E-state index contributed by atoms with van der Waals surface area (Å²) in [4.78, 5) is 26.5. The van der Waals surface area contributed by atoms with Gasteiger partial charge < -0.3 is 10.2 Å². The van der Waals surface area contributed by atoms with Crippen molar-refractivity contribution >= 4 is 46.8 Å². The minimum absolute atomic E-state index is 0.0926. The predicted octanol–water partition coefficient (Wildman–Crippen LogP) is 4.39. The van der Waals surface area contributed by atoms with Crippen molar-refractivity contribution in [1.29, 1.82) is 0 Å². The Hall–Kier alpha value is -1.69. The van der Waals surface area contributed by atoms with Gasteiger partial charge in [-0.25, -0.2) is 0 Å². The van der Waals surface area contributed by atoms with E-state index in [1.807, 2.05) is 36.4 Å². The molecule has 0 fully saturated rings. The second kappa shape index (κ2) is 10.6. The number of nitrogens with one attached hydrogen (secondary N) is 1. The Labute approximate surface area is 174 Å². The topological polar surface area (TPSA) is 49.4 Å². The molecule has 0 aliphatic rings. The first-order valence-corrected chi connectivity index (χ1v) is 10.4. The van der Waals surface area contributed by atoms with Crippen molar-refractivity contribution in [3.63, 3.8) is 0 Å². The molecule has 0 aliphatic heterocycles. The molecule has 0 heterocycles. The molecule has 0 spiro atoms. The van der Waals surface area contributed by atoms with E-state index in [9.17, 15) is 9.59 Å². The van der Waals surface area contributed by atoms with Crippen LogP contribution in [0.3, 0.4) is 0 Å². The van der Waals surface area contributed by atoms with E-state index in [4.69, 9.17) is 23.2 Å². The maximum Gasteiger partial charge on any atom is 0.242 e. The third-order valence-corrected chi connectivity index (χ3v) is 5.66. The lowest BCUT2D eigenvalue weighted by Crippen LogP contribution is -2.47. The van der Waals surface area contributed by atoms with Gasteiger partial charge in [-0.05, 0) is 30.2 Å². The fraction of sp³-hybridized carbons (Fsp3) is 0.300. The van der Waals surface area contributed by atoms with Gasteiger partial charge in [0.15, 0.2) is 0 Å². The highest BCUT2D eigenvalue weighted by Gasteiger charge is 2.25. The minimum atomic E-state index is -0.553. The molecule has 1 atom stereocenters. The maximum atomic E-state index is 12.8. The van der Waals surface area contributed by atoms with Gasteiger partial charge in [0.2, 0.25) is 11.8 Å². The van der Waals surface area contributed by atoms with E-state index in [1.54, 1.807) is 31.0 Å². The molecule has 7 heteroatoms. The molecule has 2 amide bonds. The third kappa shape index (κ3) is 6.45. The van der Waals surface area contributed by atoms with Crippen molar-refractivity contribution in [2.45, 2.75) is 25.3 Å². The number of likely N-dealkylation sites (N-methyl/N-ethyl adjacent to an activating group) is 1. The first-order chi connectivity index (χ1) is 12.9. The summed E-state index contributed by atoms with van der Waals surface area (Å²) in [5.74, 6) is 0.567. The Morgan fingerprint density at radius 3 is 2.48 bits per heavy atom. The summed E-state index contributed by atoms with van der Waals surface area (Å²) >= 11 is 13.5. The molecule has 1 N–H and O–H groups in total. The van der Waals surface area contributed by atoms with Crippen LogP contribution < -0.4 is 5.32 Å². The van der Waals surface area contributed by atoms with Crippen LogP contribution in [-0.2, 0) is 21.9 Å². The van der Waals surface area contributed by atoms with E-state index < -0.39 is 6.04 Å². The van der Waals surface area contributed by atoms with E-state index in [2.05, 4.69) is 5.32 Å². The molecule has 0 bridgehead atoms. The predicted molar refractivity (Wildman–Crippen MR) is 113 cm³/mol. The summed E-state index contributed by atoms with van der Waals surface area (Å²) in [5.41, 5.74) is 1.90. The van der Waals surface area contributed by atoms with Crippen LogP contribution in [0.1, 0.15) is 18.1 Å². The Morgan fingerprint density at radius 1 is 1.15 bits per heavy atom. The summed E-state index contributed by atoms with van der Waals surface area (Å²) in [7, 11) is 1.57. The van der Waals surface area contributed by atoms with Crippen LogP contribution in [-0.4, -0.2) is 35.6 Å². The Bertz CT molecular complexity index is 787. The molecule has 0 unspecified atom stereocenters. The first-order valence-electron chi connectivity index (χ1n) is 8.49. The molecule has 0 saturated heterocycles. The first kappa shape index (κ1) is 21.6. The lowest BCUT2D eigenvalue weighted by atomic mass is 10.1. The standard InChI is InChI=1S/C20H22Cl2N2O2S/c1-14(20(26)23-2)24(11-15-6-4-3-5-7-15)19(25)13-27-12-16-8-9-17(21)10-18(16)22/h3-10,14H,11-13H2,1-2H3,(H,23,26)/t14-/m1/s1. The summed E-state index contributed by atoms with van der Waals surface area (Å²) in [6, 6.07) is 14.4. The van der Waals surface area contributed by atoms with Crippen LogP contribution in [0.2, 0.25) is 10.0 Å². The zero-order chi connectivity index (χ0) is 19.8. The second-order valence-corrected chi connectivity index (χ2v) is 7.86. The summed E-state index contributed by atoms with van der Waals surface area (Å²) in [6.07, 6.45) is 0. The molecule has 0 saturated carbocycles.